The summed E-state index contributed by atoms with van der Waals surface area (Å²) in [6.07, 6.45) is 5.27. The van der Waals surface area contributed by atoms with Gasteiger partial charge in [0.05, 0.1) is 12.0 Å². The summed E-state index contributed by atoms with van der Waals surface area (Å²) < 4.78 is 2.08. The highest BCUT2D eigenvalue weighted by atomic mass is 32.1. The second-order valence-electron chi connectivity index (χ2n) is 6.77. The van der Waals surface area contributed by atoms with E-state index in [1.54, 1.807) is 6.33 Å². The van der Waals surface area contributed by atoms with Crippen LogP contribution in [-0.2, 0) is 4.79 Å². The van der Waals surface area contributed by atoms with Gasteiger partial charge in [0.25, 0.3) is 0 Å². The van der Waals surface area contributed by atoms with Gasteiger partial charge in [-0.25, -0.2) is 19.9 Å². The quantitative estimate of drug-likeness (QED) is 0.689. The maximum absolute atomic E-state index is 12.5. The molecule has 1 saturated carbocycles. The number of anilines is 2. The first kappa shape index (κ1) is 20.2. The number of aryl methyl sites for hydroxylation is 2. The van der Waals surface area contributed by atoms with Crippen molar-refractivity contribution in [1.29, 1.82) is 0 Å². The first-order valence-electron chi connectivity index (χ1n) is 9.71. The Morgan fingerprint density at radius 1 is 1.18 bits per heavy atom. The highest BCUT2D eigenvalue weighted by Crippen LogP contribution is 2.35. The van der Waals surface area contributed by atoms with Crippen LogP contribution < -0.4 is 11.1 Å². The number of hydrogen-bond donors (Lipinski definition) is 2. The van der Waals surface area contributed by atoms with E-state index in [1.807, 2.05) is 33.1 Å². The molecule has 0 radical (unpaired) electrons. The van der Waals surface area contributed by atoms with Crippen LogP contribution in [0.25, 0.3) is 11.2 Å². The van der Waals surface area contributed by atoms with Crippen LogP contribution >= 0.6 is 11.3 Å². The summed E-state index contributed by atoms with van der Waals surface area (Å²) in [5.41, 5.74) is 8.31. The second kappa shape index (κ2) is 8.64. The summed E-state index contributed by atoms with van der Waals surface area (Å²) in [4.78, 5) is 29.8. The molecule has 150 valence electrons. The average Bonchev–Trinajstić information content (AvgIpc) is 3.29. The molecule has 0 aromatic carbocycles. The highest BCUT2D eigenvalue weighted by Gasteiger charge is 2.28. The van der Waals surface area contributed by atoms with E-state index in [4.69, 9.17) is 5.73 Å². The van der Waals surface area contributed by atoms with Gasteiger partial charge in [0, 0.05) is 17.3 Å². The number of nitrogens with zero attached hydrogens (tertiary/aromatic N) is 5. The summed E-state index contributed by atoms with van der Waals surface area (Å²) in [5, 5.41) is 5.55. The fraction of sp³-hybridized carbons (Fsp3) is 0.526. The van der Waals surface area contributed by atoms with Gasteiger partial charge in [-0.05, 0) is 39.5 Å². The molecule has 0 unspecified atom stereocenters. The zero-order chi connectivity index (χ0) is 20.3. The Bertz CT molecular complexity index is 957. The fourth-order valence-electron chi connectivity index (χ4n) is 3.55. The minimum absolute atomic E-state index is 0.0201. The molecule has 3 N–H and O–H groups in total. The number of thiazole rings is 1. The number of nitrogen functional groups attached to an aromatic ring is 1. The van der Waals surface area contributed by atoms with Gasteiger partial charge in [0.1, 0.15) is 11.3 Å². The summed E-state index contributed by atoms with van der Waals surface area (Å²) in [5.74, 6) is 1.14. The predicted octanol–water partition coefficient (Wildman–Crippen LogP) is 3.88. The van der Waals surface area contributed by atoms with Gasteiger partial charge in [0.2, 0.25) is 5.91 Å². The molecule has 3 aromatic rings. The van der Waals surface area contributed by atoms with Crippen molar-refractivity contribution in [2.24, 2.45) is 5.92 Å². The van der Waals surface area contributed by atoms with Gasteiger partial charge in [-0.15, -0.1) is 11.3 Å². The summed E-state index contributed by atoms with van der Waals surface area (Å²) in [7, 11) is 0. The molecule has 0 aliphatic heterocycles. The Kier molecular flexibility index (Phi) is 6.23. The van der Waals surface area contributed by atoms with Gasteiger partial charge in [-0.3, -0.25) is 4.79 Å². The third kappa shape index (κ3) is 4.14. The lowest BCUT2D eigenvalue weighted by atomic mass is 9.85. The lowest BCUT2D eigenvalue weighted by molar-refractivity contribution is -0.120. The van der Waals surface area contributed by atoms with Crippen LogP contribution in [0.15, 0.2) is 11.7 Å². The van der Waals surface area contributed by atoms with E-state index in [9.17, 15) is 4.79 Å². The van der Waals surface area contributed by atoms with Crippen molar-refractivity contribution in [3.8, 4) is 0 Å². The number of aromatic nitrogens is 5. The number of hydrogen-bond acceptors (Lipinski definition) is 7. The third-order valence-electron chi connectivity index (χ3n) is 4.87. The normalized spacial score (nSPS) is 19.1. The number of imidazole rings is 1. The fourth-order valence-corrected chi connectivity index (χ4v) is 4.24. The molecule has 1 amide bonds. The van der Waals surface area contributed by atoms with E-state index >= 15 is 0 Å². The monoisotopic (exact) mass is 401 g/mol. The molecule has 0 bridgehead atoms. The molecule has 9 heteroatoms. The zero-order valence-electron chi connectivity index (χ0n) is 16.8. The Balaban J connectivity index is 0.00000109. The van der Waals surface area contributed by atoms with Gasteiger partial charge in [0.15, 0.2) is 16.6 Å². The molecule has 28 heavy (non-hydrogen) atoms. The molecular formula is C19H27N7OS. The number of carbonyl (C=O) groups excluding carboxylic acids is 1. The number of nitrogens with two attached hydrogens (primary N) is 1. The van der Waals surface area contributed by atoms with E-state index < -0.39 is 0 Å². The Hall–Kier alpha value is -2.55. The van der Waals surface area contributed by atoms with E-state index in [-0.39, 0.29) is 17.9 Å². The maximum Gasteiger partial charge on any atom is 0.229 e. The third-order valence-corrected chi connectivity index (χ3v) is 5.75. The zero-order valence-corrected chi connectivity index (χ0v) is 17.6. The average molecular weight is 402 g/mol. The molecule has 3 heterocycles. The summed E-state index contributed by atoms with van der Waals surface area (Å²) >= 11 is 1.46. The standard InChI is InChI=1S/C17H21N7OS.C2H6/c1-9-7-26-17(20-9)23-16(25)11-3-5-12(6-4-11)24-8-19-13-14(18)21-10(2)22-15(13)24;1-2/h7-8,11-12H,3-6H2,1-2H3,(H2,18,21,22)(H,20,23,25);1-2H3. The Labute approximate surface area is 168 Å². The van der Waals surface area contributed by atoms with Gasteiger partial charge >= 0.3 is 0 Å². The van der Waals surface area contributed by atoms with Crippen LogP contribution in [0.2, 0.25) is 0 Å². The van der Waals surface area contributed by atoms with Crippen molar-refractivity contribution in [3.63, 3.8) is 0 Å². The van der Waals surface area contributed by atoms with Crippen molar-refractivity contribution in [3.05, 3.63) is 23.2 Å². The van der Waals surface area contributed by atoms with Crippen molar-refractivity contribution in [2.45, 2.75) is 59.4 Å². The largest absolute Gasteiger partial charge is 0.382 e. The van der Waals surface area contributed by atoms with Crippen LogP contribution in [0.5, 0.6) is 0 Å². The molecule has 0 atom stereocenters. The molecular weight excluding hydrogens is 374 g/mol. The van der Waals surface area contributed by atoms with Crippen molar-refractivity contribution < 1.29 is 4.79 Å². The molecule has 1 fully saturated rings. The first-order valence-corrected chi connectivity index (χ1v) is 10.6. The molecule has 1 aliphatic rings. The number of rotatable bonds is 3. The molecule has 0 spiro atoms. The lowest BCUT2D eigenvalue weighted by Gasteiger charge is -2.28. The van der Waals surface area contributed by atoms with Crippen molar-refractivity contribution in [1.82, 2.24) is 24.5 Å². The molecule has 1 aliphatic carbocycles. The van der Waals surface area contributed by atoms with Crippen LogP contribution in [0.3, 0.4) is 0 Å². The molecule has 8 nitrogen and oxygen atoms in total. The number of nitrogens with one attached hydrogen (secondary N) is 1. The topological polar surface area (TPSA) is 112 Å². The lowest BCUT2D eigenvalue weighted by Crippen LogP contribution is -2.28. The maximum atomic E-state index is 12.5. The number of carbonyl (C=O) groups is 1. The predicted molar refractivity (Wildman–Crippen MR) is 112 cm³/mol. The Morgan fingerprint density at radius 2 is 1.89 bits per heavy atom. The van der Waals surface area contributed by atoms with E-state index in [2.05, 4.69) is 29.8 Å². The van der Waals surface area contributed by atoms with Gasteiger partial charge < -0.3 is 15.6 Å². The number of fused-ring (bicyclic) bond motifs is 1. The van der Waals surface area contributed by atoms with E-state index in [1.165, 1.54) is 11.3 Å². The van der Waals surface area contributed by atoms with Crippen molar-refractivity contribution in [2.75, 3.05) is 11.1 Å². The van der Waals surface area contributed by atoms with E-state index in [0.717, 1.165) is 37.0 Å². The van der Waals surface area contributed by atoms with Gasteiger partial charge in [-0.2, -0.15) is 0 Å². The highest BCUT2D eigenvalue weighted by molar-refractivity contribution is 7.13. The smallest absolute Gasteiger partial charge is 0.229 e. The number of amides is 1. The molecule has 0 saturated heterocycles. The Morgan fingerprint density at radius 3 is 2.54 bits per heavy atom. The van der Waals surface area contributed by atoms with Crippen LogP contribution in [0, 0.1) is 19.8 Å². The van der Waals surface area contributed by atoms with E-state index in [0.29, 0.717) is 22.3 Å². The summed E-state index contributed by atoms with van der Waals surface area (Å²) in [6.45, 7) is 7.75. The van der Waals surface area contributed by atoms with Crippen LogP contribution in [-0.4, -0.2) is 30.4 Å². The van der Waals surface area contributed by atoms with Gasteiger partial charge in [-0.1, -0.05) is 13.8 Å². The summed E-state index contributed by atoms with van der Waals surface area (Å²) in [6, 6.07) is 0.278. The van der Waals surface area contributed by atoms with Crippen LogP contribution in [0.4, 0.5) is 10.9 Å². The second-order valence-corrected chi connectivity index (χ2v) is 7.63. The minimum Gasteiger partial charge on any atom is -0.382 e. The molecule has 4 rings (SSSR count). The SMILES string of the molecule is CC.Cc1csc(NC(=O)C2CCC(n3cnc4c(N)nc(C)nc43)CC2)n1. The first-order chi connectivity index (χ1) is 13.5. The van der Waals surface area contributed by atoms with Crippen LogP contribution in [0.1, 0.15) is 57.1 Å². The molecule has 3 aromatic heterocycles. The minimum atomic E-state index is 0.0201. The van der Waals surface area contributed by atoms with Crippen molar-refractivity contribution >= 4 is 39.4 Å².